The number of aromatic nitrogens is 4. The lowest BCUT2D eigenvalue weighted by molar-refractivity contribution is 0.353. The molecule has 0 amide bonds. The molecule has 32 heavy (non-hydrogen) atoms. The molecular weight excluding hydrogens is 406 g/mol. The van der Waals surface area contributed by atoms with Crippen molar-refractivity contribution in [3.63, 3.8) is 0 Å². The summed E-state index contributed by atoms with van der Waals surface area (Å²) in [4.78, 5) is 24.9. The van der Waals surface area contributed by atoms with E-state index in [4.69, 9.17) is 15.7 Å². The lowest BCUT2D eigenvalue weighted by atomic mass is 10.1. The molecule has 4 rings (SSSR count). The number of methoxy groups -OCH3 is 1. The van der Waals surface area contributed by atoms with Crippen molar-refractivity contribution in [2.75, 3.05) is 25.1 Å². The van der Waals surface area contributed by atoms with Crippen LogP contribution in [0, 0.1) is 23.2 Å². The molecule has 2 N–H and O–H groups in total. The third kappa shape index (κ3) is 4.03. The van der Waals surface area contributed by atoms with Crippen molar-refractivity contribution in [2.24, 2.45) is 5.73 Å². The average molecular weight is 432 g/mol. The number of anilines is 1. The van der Waals surface area contributed by atoms with Crippen LogP contribution in [0.25, 0.3) is 11.2 Å². The molecule has 0 spiro atoms. The average Bonchev–Trinajstić information content (AvgIpc) is 3.18. The summed E-state index contributed by atoms with van der Waals surface area (Å²) in [6.07, 6.45) is 1.93. The van der Waals surface area contributed by atoms with Crippen LogP contribution in [0.4, 0.5) is 5.95 Å². The molecule has 9 heteroatoms. The van der Waals surface area contributed by atoms with E-state index in [1.165, 1.54) is 11.7 Å². The lowest BCUT2D eigenvalue weighted by Gasteiger charge is -2.31. The van der Waals surface area contributed by atoms with Gasteiger partial charge < -0.3 is 15.4 Å². The van der Waals surface area contributed by atoms with Gasteiger partial charge in [-0.1, -0.05) is 18.1 Å². The zero-order chi connectivity index (χ0) is 22.7. The molecule has 0 bridgehead atoms. The molecule has 1 saturated heterocycles. The second-order valence-corrected chi connectivity index (χ2v) is 7.74. The SMILES string of the molecule is CC#CCn1c(N2CCCC(N)C2)nc2nc(OC)n(Cc3ccc(C#N)cc3)c(=O)c21. The standard InChI is InChI=1S/C23H25N7O2/c1-3-4-12-29-19-20(26-22(29)28-11-5-6-18(25)15-28)27-23(32-2)30(21(19)31)14-17-9-7-16(13-24)8-10-17/h7-10,18H,5-6,11-12,14-15,25H2,1-2H3. The summed E-state index contributed by atoms with van der Waals surface area (Å²) in [7, 11) is 1.48. The molecule has 1 aliphatic rings. The lowest BCUT2D eigenvalue weighted by Crippen LogP contribution is -2.44. The van der Waals surface area contributed by atoms with Crippen LogP contribution in [0.15, 0.2) is 29.1 Å². The van der Waals surface area contributed by atoms with E-state index in [0.29, 0.717) is 35.8 Å². The monoisotopic (exact) mass is 431 g/mol. The highest BCUT2D eigenvalue weighted by Gasteiger charge is 2.26. The van der Waals surface area contributed by atoms with Crippen molar-refractivity contribution in [3.8, 4) is 23.9 Å². The molecule has 3 aromatic rings. The van der Waals surface area contributed by atoms with Gasteiger partial charge in [0.1, 0.15) is 0 Å². The number of ether oxygens (including phenoxy) is 1. The number of fused-ring (bicyclic) bond motifs is 1. The maximum absolute atomic E-state index is 13.6. The third-order valence-corrected chi connectivity index (χ3v) is 5.57. The largest absolute Gasteiger partial charge is 0.468 e. The zero-order valence-electron chi connectivity index (χ0n) is 18.2. The maximum atomic E-state index is 13.6. The van der Waals surface area contributed by atoms with E-state index in [-0.39, 0.29) is 24.2 Å². The Hall–Kier alpha value is -3.82. The number of imidazole rings is 1. The van der Waals surface area contributed by atoms with Crippen LogP contribution >= 0.6 is 0 Å². The minimum atomic E-state index is -0.255. The predicted octanol–water partition coefficient (Wildman–Crippen LogP) is 1.47. The fourth-order valence-corrected chi connectivity index (χ4v) is 3.99. The number of rotatable bonds is 5. The van der Waals surface area contributed by atoms with Crippen LogP contribution in [-0.4, -0.2) is 45.3 Å². The number of hydrogen-bond acceptors (Lipinski definition) is 7. The normalized spacial score (nSPS) is 15.8. The number of nitriles is 1. The summed E-state index contributed by atoms with van der Waals surface area (Å²) in [5.74, 6) is 6.60. The van der Waals surface area contributed by atoms with Gasteiger partial charge in [-0.25, -0.2) is 0 Å². The molecule has 164 valence electrons. The van der Waals surface area contributed by atoms with Crippen LogP contribution in [0.1, 0.15) is 30.9 Å². The first-order chi connectivity index (χ1) is 15.5. The summed E-state index contributed by atoms with van der Waals surface area (Å²) in [5.41, 5.74) is 8.06. The first-order valence-electron chi connectivity index (χ1n) is 10.5. The number of benzene rings is 1. The van der Waals surface area contributed by atoms with Gasteiger partial charge in [0.25, 0.3) is 5.56 Å². The van der Waals surface area contributed by atoms with Crippen molar-refractivity contribution < 1.29 is 4.74 Å². The fraction of sp³-hybridized carbons (Fsp3) is 0.391. The second-order valence-electron chi connectivity index (χ2n) is 7.74. The van der Waals surface area contributed by atoms with Crippen molar-refractivity contribution in [2.45, 2.75) is 38.9 Å². The van der Waals surface area contributed by atoms with Crippen LogP contribution in [0.2, 0.25) is 0 Å². The minimum absolute atomic E-state index is 0.0600. The second kappa shape index (κ2) is 9.13. The van der Waals surface area contributed by atoms with E-state index >= 15 is 0 Å². The van der Waals surface area contributed by atoms with Gasteiger partial charge in [-0.2, -0.15) is 15.2 Å². The van der Waals surface area contributed by atoms with Crippen LogP contribution in [-0.2, 0) is 13.1 Å². The zero-order valence-corrected chi connectivity index (χ0v) is 18.2. The first-order valence-corrected chi connectivity index (χ1v) is 10.5. The van der Waals surface area contributed by atoms with Crippen LogP contribution in [0.5, 0.6) is 6.01 Å². The fourth-order valence-electron chi connectivity index (χ4n) is 3.99. The highest BCUT2D eigenvalue weighted by Crippen LogP contribution is 2.24. The topological polar surface area (TPSA) is 115 Å². The number of nitrogens with two attached hydrogens (primary N) is 1. The van der Waals surface area contributed by atoms with E-state index in [1.54, 1.807) is 19.1 Å². The highest BCUT2D eigenvalue weighted by atomic mass is 16.5. The molecule has 9 nitrogen and oxygen atoms in total. The van der Waals surface area contributed by atoms with Crippen molar-refractivity contribution >= 4 is 17.1 Å². The Morgan fingerprint density at radius 2 is 2.03 bits per heavy atom. The number of piperidine rings is 1. The first kappa shape index (κ1) is 21.4. The van der Waals surface area contributed by atoms with Gasteiger partial charge in [0, 0.05) is 19.1 Å². The summed E-state index contributed by atoms with van der Waals surface area (Å²) in [6.45, 7) is 3.83. The Balaban J connectivity index is 1.86. The van der Waals surface area contributed by atoms with Gasteiger partial charge in [0.2, 0.25) is 5.95 Å². The Kier molecular flexibility index (Phi) is 6.11. The molecule has 1 fully saturated rings. The number of hydrogen-bond donors (Lipinski definition) is 1. The van der Waals surface area contributed by atoms with E-state index in [2.05, 4.69) is 32.8 Å². The highest BCUT2D eigenvalue weighted by molar-refractivity contribution is 5.75. The summed E-state index contributed by atoms with van der Waals surface area (Å²) >= 11 is 0. The Morgan fingerprint density at radius 1 is 1.25 bits per heavy atom. The molecule has 3 heterocycles. The van der Waals surface area contributed by atoms with Gasteiger partial charge in [-0.05, 0) is 37.5 Å². The molecule has 0 aliphatic carbocycles. The predicted molar refractivity (Wildman–Crippen MR) is 121 cm³/mol. The van der Waals surface area contributed by atoms with E-state index < -0.39 is 0 Å². The van der Waals surface area contributed by atoms with Crippen LogP contribution < -0.4 is 20.9 Å². The molecule has 1 aromatic carbocycles. The van der Waals surface area contributed by atoms with Gasteiger partial charge in [-0.15, -0.1) is 5.92 Å². The van der Waals surface area contributed by atoms with Crippen molar-refractivity contribution in [1.29, 1.82) is 5.26 Å². The Bertz CT molecular complexity index is 1290. The molecular formula is C23H25N7O2. The Labute approximate surface area is 186 Å². The van der Waals surface area contributed by atoms with Crippen LogP contribution in [0.3, 0.4) is 0 Å². The number of nitrogens with zero attached hydrogens (tertiary/aromatic N) is 6. The van der Waals surface area contributed by atoms with Gasteiger partial charge in [0.15, 0.2) is 11.2 Å². The van der Waals surface area contributed by atoms with Gasteiger partial charge in [-0.3, -0.25) is 13.9 Å². The Morgan fingerprint density at radius 3 is 2.69 bits per heavy atom. The molecule has 1 atom stereocenters. The van der Waals surface area contributed by atoms with E-state index in [1.807, 2.05) is 16.7 Å². The molecule has 0 saturated carbocycles. The van der Waals surface area contributed by atoms with Gasteiger partial charge in [0.05, 0.1) is 31.8 Å². The third-order valence-electron chi connectivity index (χ3n) is 5.57. The van der Waals surface area contributed by atoms with E-state index in [0.717, 1.165) is 24.9 Å². The summed E-state index contributed by atoms with van der Waals surface area (Å²) < 4.78 is 8.74. The van der Waals surface area contributed by atoms with Crippen molar-refractivity contribution in [1.82, 2.24) is 19.1 Å². The maximum Gasteiger partial charge on any atom is 0.301 e. The molecule has 1 aliphatic heterocycles. The molecule has 0 radical (unpaired) electrons. The van der Waals surface area contributed by atoms with E-state index in [9.17, 15) is 4.79 Å². The van der Waals surface area contributed by atoms with Gasteiger partial charge >= 0.3 is 6.01 Å². The summed E-state index contributed by atoms with van der Waals surface area (Å²) in [6, 6.07) is 9.41. The molecule has 1 unspecified atom stereocenters. The molecule has 2 aromatic heterocycles. The smallest absolute Gasteiger partial charge is 0.301 e. The minimum Gasteiger partial charge on any atom is -0.468 e. The quantitative estimate of drug-likeness (QED) is 0.608. The summed E-state index contributed by atoms with van der Waals surface area (Å²) in [5, 5.41) is 9.02. The van der Waals surface area contributed by atoms with Crippen molar-refractivity contribution in [3.05, 3.63) is 45.7 Å².